The lowest BCUT2D eigenvalue weighted by Gasteiger charge is -2.21. The molecule has 0 bridgehead atoms. The van der Waals surface area contributed by atoms with Crippen molar-refractivity contribution in [3.8, 4) is 22.8 Å². The van der Waals surface area contributed by atoms with E-state index in [1.54, 1.807) is 6.20 Å². The average Bonchev–Trinajstić information content (AvgIpc) is 3.16. The third-order valence-electron chi connectivity index (χ3n) is 5.27. The molecule has 0 saturated carbocycles. The molecule has 150 valence electrons. The van der Waals surface area contributed by atoms with Crippen LogP contribution in [0.25, 0.3) is 28.4 Å². The predicted octanol–water partition coefficient (Wildman–Crippen LogP) is 3.24. The Labute approximate surface area is 169 Å². The third-order valence-corrected chi connectivity index (χ3v) is 5.27. The van der Waals surface area contributed by atoms with Crippen molar-refractivity contribution in [3.63, 3.8) is 0 Å². The fraction of sp³-hybridized carbons (Fsp3) is 0.200. The Morgan fingerprint density at radius 1 is 1.20 bits per heavy atom. The maximum absolute atomic E-state index is 13.7. The first-order chi connectivity index (χ1) is 14.5. The van der Waals surface area contributed by atoms with E-state index in [2.05, 4.69) is 19.9 Å². The number of pyridine rings is 2. The maximum atomic E-state index is 13.7. The van der Waals surface area contributed by atoms with Gasteiger partial charge in [0.15, 0.2) is 11.5 Å². The van der Waals surface area contributed by atoms with Crippen LogP contribution in [0.2, 0.25) is 0 Å². The van der Waals surface area contributed by atoms with Crippen LogP contribution in [-0.4, -0.2) is 29.3 Å². The summed E-state index contributed by atoms with van der Waals surface area (Å²) in [5.74, 6) is -0.257. The number of fused-ring (bicyclic) bond motifs is 2. The Morgan fingerprint density at radius 2 is 2.07 bits per heavy atom. The predicted molar refractivity (Wildman–Crippen MR) is 106 cm³/mol. The van der Waals surface area contributed by atoms with Gasteiger partial charge in [-0.05, 0) is 43.0 Å². The minimum absolute atomic E-state index is 0.129. The number of nitrogens with two attached hydrogens (primary N) is 1. The number of halogens is 1. The second-order valence-corrected chi connectivity index (χ2v) is 7.16. The number of hydrogen-bond acceptors (Lipinski definition) is 7. The summed E-state index contributed by atoms with van der Waals surface area (Å²) in [5.41, 5.74) is 9.31. The van der Waals surface area contributed by atoms with Gasteiger partial charge in [0.1, 0.15) is 23.4 Å². The van der Waals surface area contributed by atoms with Crippen LogP contribution < -0.4 is 5.73 Å². The van der Waals surface area contributed by atoms with Crippen LogP contribution in [0, 0.1) is 15.9 Å². The molecule has 30 heavy (non-hydrogen) atoms. The molecule has 0 aromatic carbocycles. The SMILES string of the molecule is NC1CCCc2ncc(-c3nc(-c4cnc5ccc(F)cn45)ncc3[N+](=O)[O-])cc21. The molecule has 1 aliphatic carbocycles. The smallest absolute Gasteiger partial charge is 0.313 e. The second-order valence-electron chi connectivity index (χ2n) is 7.16. The summed E-state index contributed by atoms with van der Waals surface area (Å²) in [4.78, 5) is 28.3. The van der Waals surface area contributed by atoms with Crippen LogP contribution in [0.1, 0.15) is 30.1 Å². The minimum atomic E-state index is -0.535. The molecule has 9 nitrogen and oxygen atoms in total. The molecule has 0 saturated heterocycles. The number of nitrogens with zero attached hydrogens (tertiary/aromatic N) is 6. The van der Waals surface area contributed by atoms with E-state index >= 15 is 0 Å². The van der Waals surface area contributed by atoms with E-state index in [1.165, 1.54) is 28.9 Å². The molecule has 4 heterocycles. The highest BCUT2D eigenvalue weighted by atomic mass is 19.1. The van der Waals surface area contributed by atoms with Gasteiger partial charge in [0.25, 0.3) is 0 Å². The Hall–Kier alpha value is -3.79. The van der Waals surface area contributed by atoms with Gasteiger partial charge in [0.05, 0.1) is 11.1 Å². The van der Waals surface area contributed by atoms with Crippen molar-refractivity contribution in [1.82, 2.24) is 24.3 Å². The zero-order valence-electron chi connectivity index (χ0n) is 15.7. The van der Waals surface area contributed by atoms with E-state index in [0.29, 0.717) is 16.9 Å². The molecular formula is C20H16FN7O2. The van der Waals surface area contributed by atoms with Gasteiger partial charge >= 0.3 is 5.69 Å². The van der Waals surface area contributed by atoms with Crippen LogP contribution in [0.5, 0.6) is 0 Å². The zero-order chi connectivity index (χ0) is 20.8. The van der Waals surface area contributed by atoms with E-state index in [9.17, 15) is 14.5 Å². The Morgan fingerprint density at radius 3 is 2.90 bits per heavy atom. The van der Waals surface area contributed by atoms with Gasteiger partial charge in [-0.3, -0.25) is 19.5 Å². The normalized spacial score (nSPS) is 15.9. The van der Waals surface area contributed by atoms with E-state index in [1.807, 2.05) is 6.07 Å². The monoisotopic (exact) mass is 405 g/mol. The molecule has 10 heteroatoms. The molecule has 0 radical (unpaired) electrons. The molecule has 4 aromatic rings. The highest BCUT2D eigenvalue weighted by Gasteiger charge is 2.24. The van der Waals surface area contributed by atoms with Crippen molar-refractivity contribution >= 4 is 11.3 Å². The molecule has 0 amide bonds. The topological polar surface area (TPSA) is 125 Å². The molecule has 4 aromatic heterocycles. The summed E-state index contributed by atoms with van der Waals surface area (Å²) in [5, 5.41) is 11.6. The largest absolute Gasteiger partial charge is 0.324 e. The van der Waals surface area contributed by atoms with E-state index in [0.717, 1.165) is 36.7 Å². The molecule has 5 rings (SSSR count). The third kappa shape index (κ3) is 2.98. The summed E-state index contributed by atoms with van der Waals surface area (Å²) >= 11 is 0. The van der Waals surface area contributed by atoms with Crippen molar-refractivity contribution in [2.45, 2.75) is 25.3 Å². The zero-order valence-corrected chi connectivity index (χ0v) is 15.7. The summed E-state index contributed by atoms with van der Waals surface area (Å²) in [7, 11) is 0. The summed E-state index contributed by atoms with van der Waals surface area (Å²) < 4.78 is 15.2. The van der Waals surface area contributed by atoms with Crippen LogP contribution in [0.15, 0.2) is 43.0 Å². The first-order valence-corrected chi connectivity index (χ1v) is 9.40. The molecule has 1 atom stereocenters. The molecular weight excluding hydrogens is 389 g/mol. The molecule has 0 aliphatic heterocycles. The standard InChI is InChI=1S/C20H16FN7O2/c21-12-4-5-18-24-9-17(27(18)10-12)20-25-8-16(28(29)30)19(26-20)11-6-13-14(22)2-1-3-15(13)23-7-11/h4-10,14H,1-3,22H2. The van der Waals surface area contributed by atoms with E-state index in [4.69, 9.17) is 5.73 Å². The van der Waals surface area contributed by atoms with Gasteiger partial charge in [0, 0.05) is 29.7 Å². The highest BCUT2D eigenvalue weighted by molar-refractivity contribution is 5.71. The molecule has 1 aliphatic rings. The average molecular weight is 405 g/mol. The highest BCUT2D eigenvalue weighted by Crippen LogP contribution is 2.34. The molecule has 2 N–H and O–H groups in total. The first-order valence-electron chi connectivity index (χ1n) is 9.40. The summed E-state index contributed by atoms with van der Waals surface area (Å²) in [6, 6.07) is 4.48. The quantitative estimate of drug-likeness (QED) is 0.410. The Kier molecular flexibility index (Phi) is 4.21. The van der Waals surface area contributed by atoms with Gasteiger partial charge in [-0.1, -0.05) is 0 Å². The van der Waals surface area contributed by atoms with Gasteiger partial charge < -0.3 is 5.73 Å². The van der Waals surface area contributed by atoms with Crippen molar-refractivity contribution < 1.29 is 9.31 Å². The Bertz CT molecular complexity index is 1300. The van der Waals surface area contributed by atoms with Gasteiger partial charge in [-0.15, -0.1) is 0 Å². The van der Waals surface area contributed by atoms with E-state index in [-0.39, 0.29) is 23.2 Å². The Balaban J connectivity index is 1.69. The number of imidazole rings is 1. The van der Waals surface area contributed by atoms with E-state index < -0.39 is 10.7 Å². The lowest BCUT2D eigenvalue weighted by molar-refractivity contribution is -0.384. The number of hydrogen-bond donors (Lipinski definition) is 1. The van der Waals surface area contributed by atoms with Gasteiger partial charge in [0.2, 0.25) is 0 Å². The van der Waals surface area contributed by atoms with Crippen LogP contribution in [0.4, 0.5) is 10.1 Å². The van der Waals surface area contributed by atoms with Crippen molar-refractivity contribution in [3.05, 3.63) is 70.2 Å². The maximum Gasteiger partial charge on any atom is 0.313 e. The van der Waals surface area contributed by atoms with Crippen molar-refractivity contribution in [2.75, 3.05) is 0 Å². The number of aromatic nitrogens is 5. The van der Waals surface area contributed by atoms with Gasteiger partial charge in [-0.2, -0.15) is 0 Å². The van der Waals surface area contributed by atoms with Crippen molar-refractivity contribution in [2.24, 2.45) is 5.73 Å². The fourth-order valence-electron chi connectivity index (χ4n) is 3.78. The lowest BCUT2D eigenvalue weighted by Crippen LogP contribution is -2.18. The first kappa shape index (κ1) is 18.3. The number of aryl methyl sites for hydroxylation is 1. The number of nitro groups is 1. The van der Waals surface area contributed by atoms with Crippen LogP contribution in [0.3, 0.4) is 0 Å². The molecule has 0 fully saturated rings. The minimum Gasteiger partial charge on any atom is -0.324 e. The molecule has 0 spiro atoms. The van der Waals surface area contributed by atoms with Crippen molar-refractivity contribution in [1.29, 1.82) is 0 Å². The summed E-state index contributed by atoms with van der Waals surface area (Å²) in [6.45, 7) is 0. The second kappa shape index (κ2) is 6.92. The van der Waals surface area contributed by atoms with Gasteiger partial charge in [-0.25, -0.2) is 19.3 Å². The lowest BCUT2D eigenvalue weighted by atomic mass is 9.90. The van der Waals surface area contributed by atoms with Crippen LogP contribution in [-0.2, 0) is 6.42 Å². The van der Waals surface area contributed by atoms with Crippen LogP contribution >= 0.6 is 0 Å². The summed E-state index contributed by atoms with van der Waals surface area (Å²) in [6.07, 6.45) is 8.11. The number of rotatable bonds is 3. The molecule has 1 unspecified atom stereocenters. The fourth-order valence-corrected chi connectivity index (χ4v) is 3.78.